The van der Waals surface area contributed by atoms with E-state index in [2.05, 4.69) is 5.32 Å². The molecule has 3 aliphatic carbocycles. The average Bonchev–Trinajstić information content (AvgIpc) is 2.83. The van der Waals surface area contributed by atoms with Crippen molar-refractivity contribution in [3.63, 3.8) is 0 Å². The minimum atomic E-state index is 0.911. The molecule has 0 heterocycles. The lowest BCUT2D eigenvalue weighted by atomic mass is 9.95. The third-order valence-electron chi connectivity index (χ3n) is 4.73. The Kier molecular flexibility index (Phi) is 2.53. The van der Waals surface area contributed by atoms with Gasteiger partial charge in [-0.3, -0.25) is 0 Å². The van der Waals surface area contributed by atoms with Crippen molar-refractivity contribution in [2.24, 2.45) is 17.8 Å². The smallest absolute Gasteiger partial charge is 0.00981 e. The van der Waals surface area contributed by atoms with Gasteiger partial charge in [-0.15, -0.1) is 0 Å². The van der Waals surface area contributed by atoms with Crippen LogP contribution in [0.3, 0.4) is 0 Å². The summed E-state index contributed by atoms with van der Waals surface area (Å²) in [4.78, 5) is 0. The van der Waals surface area contributed by atoms with Gasteiger partial charge in [-0.1, -0.05) is 25.7 Å². The fourth-order valence-corrected chi connectivity index (χ4v) is 3.70. The van der Waals surface area contributed by atoms with E-state index in [1.807, 2.05) is 0 Å². The maximum atomic E-state index is 3.85. The van der Waals surface area contributed by atoms with Crippen molar-refractivity contribution in [2.45, 2.75) is 57.4 Å². The molecule has 0 saturated heterocycles. The van der Waals surface area contributed by atoms with Gasteiger partial charge in [0.2, 0.25) is 0 Å². The molecule has 0 spiro atoms. The first-order valence-electron chi connectivity index (χ1n) is 6.67. The summed E-state index contributed by atoms with van der Waals surface area (Å²) in [7, 11) is 0. The zero-order valence-electron chi connectivity index (χ0n) is 9.17. The molecule has 0 aliphatic heterocycles. The Balaban J connectivity index is 1.43. The Morgan fingerprint density at radius 1 is 0.929 bits per heavy atom. The van der Waals surface area contributed by atoms with Gasteiger partial charge in [0, 0.05) is 6.04 Å². The van der Waals surface area contributed by atoms with Gasteiger partial charge in [0.25, 0.3) is 0 Å². The minimum Gasteiger partial charge on any atom is -0.313 e. The van der Waals surface area contributed by atoms with Crippen LogP contribution in [0.25, 0.3) is 0 Å². The molecule has 0 radical (unpaired) electrons. The summed E-state index contributed by atoms with van der Waals surface area (Å²) in [5.41, 5.74) is 0. The van der Waals surface area contributed by atoms with Crippen molar-refractivity contribution in [2.75, 3.05) is 6.54 Å². The lowest BCUT2D eigenvalue weighted by Gasteiger charge is -2.24. The Morgan fingerprint density at radius 3 is 2.64 bits per heavy atom. The van der Waals surface area contributed by atoms with Gasteiger partial charge in [0.15, 0.2) is 0 Å². The van der Waals surface area contributed by atoms with Gasteiger partial charge in [-0.2, -0.15) is 0 Å². The standard InChI is InChI=1S/C13H23N/c1-2-5-10(4-1)9-14-13-7-3-6-11-8-12(11)13/h10-14H,1-9H2/t11-,12+,13?/m1/s1. The second-order valence-corrected chi connectivity index (χ2v) is 5.76. The van der Waals surface area contributed by atoms with Crippen LogP contribution in [0.5, 0.6) is 0 Å². The highest BCUT2D eigenvalue weighted by Crippen LogP contribution is 2.49. The van der Waals surface area contributed by atoms with Gasteiger partial charge in [0.1, 0.15) is 0 Å². The largest absolute Gasteiger partial charge is 0.313 e. The Labute approximate surface area is 87.7 Å². The molecule has 1 nitrogen and oxygen atoms in total. The zero-order valence-corrected chi connectivity index (χ0v) is 9.17. The summed E-state index contributed by atoms with van der Waals surface area (Å²) in [5, 5.41) is 3.85. The molecule has 3 atom stereocenters. The van der Waals surface area contributed by atoms with Crippen molar-refractivity contribution in [3.8, 4) is 0 Å². The van der Waals surface area contributed by atoms with E-state index in [1.54, 1.807) is 6.42 Å². The van der Waals surface area contributed by atoms with Gasteiger partial charge >= 0.3 is 0 Å². The highest BCUT2D eigenvalue weighted by atomic mass is 14.9. The highest BCUT2D eigenvalue weighted by Gasteiger charge is 2.44. The van der Waals surface area contributed by atoms with Crippen molar-refractivity contribution in [1.82, 2.24) is 5.32 Å². The summed E-state index contributed by atoms with van der Waals surface area (Å²) in [6, 6.07) is 0.911. The normalized spacial score (nSPS) is 42.4. The molecule has 3 fully saturated rings. The highest BCUT2D eigenvalue weighted by molar-refractivity contribution is 4.98. The van der Waals surface area contributed by atoms with Crippen LogP contribution < -0.4 is 5.32 Å². The molecule has 0 aromatic rings. The van der Waals surface area contributed by atoms with Gasteiger partial charge in [-0.25, -0.2) is 0 Å². The van der Waals surface area contributed by atoms with Crippen LogP contribution >= 0.6 is 0 Å². The fraction of sp³-hybridized carbons (Fsp3) is 1.00. The summed E-state index contributed by atoms with van der Waals surface area (Å²) in [5.74, 6) is 3.24. The molecular formula is C13H23N. The molecular weight excluding hydrogens is 170 g/mol. The molecule has 1 unspecified atom stereocenters. The molecule has 80 valence electrons. The number of hydrogen-bond acceptors (Lipinski definition) is 1. The molecule has 0 aromatic carbocycles. The van der Waals surface area contributed by atoms with Crippen molar-refractivity contribution in [1.29, 1.82) is 0 Å². The van der Waals surface area contributed by atoms with E-state index in [1.165, 1.54) is 51.5 Å². The average molecular weight is 193 g/mol. The molecule has 0 aromatic heterocycles. The first-order chi connectivity index (χ1) is 6.93. The van der Waals surface area contributed by atoms with Crippen LogP contribution in [0.2, 0.25) is 0 Å². The molecule has 0 amide bonds. The van der Waals surface area contributed by atoms with Crippen LogP contribution in [-0.2, 0) is 0 Å². The first-order valence-corrected chi connectivity index (χ1v) is 6.67. The molecule has 3 rings (SSSR count). The third-order valence-corrected chi connectivity index (χ3v) is 4.73. The van der Waals surface area contributed by atoms with E-state index in [0.29, 0.717) is 0 Å². The number of rotatable bonds is 3. The van der Waals surface area contributed by atoms with E-state index in [0.717, 1.165) is 23.8 Å². The number of fused-ring (bicyclic) bond motifs is 1. The maximum absolute atomic E-state index is 3.85. The maximum Gasteiger partial charge on any atom is 0.00981 e. The van der Waals surface area contributed by atoms with Crippen LogP contribution in [0.4, 0.5) is 0 Å². The van der Waals surface area contributed by atoms with E-state index < -0.39 is 0 Å². The lowest BCUT2D eigenvalue weighted by molar-refractivity contribution is 0.331. The second-order valence-electron chi connectivity index (χ2n) is 5.76. The Hall–Kier alpha value is -0.0400. The monoisotopic (exact) mass is 193 g/mol. The van der Waals surface area contributed by atoms with Crippen molar-refractivity contribution in [3.05, 3.63) is 0 Å². The molecule has 14 heavy (non-hydrogen) atoms. The number of hydrogen-bond donors (Lipinski definition) is 1. The Bertz CT molecular complexity index is 195. The molecule has 1 N–H and O–H groups in total. The van der Waals surface area contributed by atoms with Crippen LogP contribution in [-0.4, -0.2) is 12.6 Å². The van der Waals surface area contributed by atoms with E-state index in [-0.39, 0.29) is 0 Å². The fourth-order valence-electron chi connectivity index (χ4n) is 3.70. The molecule has 3 aliphatic rings. The molecule has 3 saturated carbocycles. The zero-order chi connectivity index (χ0) is 9.38. The minimum absolute atomic E-state index is 0.911. The molecule has 1 heteroatoms. The van der Waals surface area contributed by atoms with Crippen molar-refractivity contribution < 1.29 is 0 Å². The Morgan fingerprint density at radius 2 is 1.79 bits per heavy atom. The third kappa shape index (κ3) is 1.84. The predicted molar refractivity (Wildman–Crippen MR) is 59.2 cm³/mol. The summed E-state index contributed by atoms with van der Waals surface area (Å²) in [6.45, 7) is 1.33. The quantitative estimate of drug-likeness (QED) is 0.726. The second kappa shape index (κ2) is 3.84. The van der Waals surface area contributed by atoms with Gasteiger partial charge in [0.05, 0.1) is 0 Å². The van der Waals surface area contributed by atoms with E-state index in [4.69, 9.17) is 0 Å². The van der Waals surface area contributed by atoms with E-state index >= 15 is 0 Å². The van der Waals surface area contributed by atoms with Crippen molar-refractivity contribution >= 4 is 0 Å². The van der Waals surface area contributed by atoms with Gasteiger partial charge in [-0.05, 0) is 50.0 Å². The van der Waals surface area contributed by atoms with Crippen LogP contribution in [0.15, 0.2) is 0 Å². The topological polar surface area (TPSA) is 12.0 Å². The van der Waals surface area contributed by atoms with E-state index in [9.17, 15) is 0 Å². The summed E-state index contributed by atoms with van der Waals surface area (Å²) >= 11 is 0. The lowest BCUT2D eigenvalue weighted by Crippen LogP contribution is -2.36. The number of nitrogens with one attached hydrogen (secondary N) is 1. The van der Waals surface area contributed by atoms with Gasteiger partial charge < -0.3 is 5.32 Å². The summed E-state index contributed by atoms with van der Waals surface area (Å²) < 4.78 is 0. The molecule has 0 bridgehead atoms. The van der Waals surface area contributed by atoms with Crippen LogP contribution in [0.1, 0.15) is 51.4 Å². The van der Waals surface area contributed by atoms with Crippen LogP contribution in [0, 0.1) is 17.8 Å². The summed E-state index contributed by atoms with van der Waals surface area (Å²) in [6.07, 6.45) is 12.0. The predicted octanol–water partition coefficient (Wildman–Crippen LogP) is 2.95. The SMILES string of the molecule is C1CCC(CNC2CCC[C@@H]3C[C@H]23)C1. The first kappa shape index (κ1) is 9.21.